The van der Waals surface area contributed by atoms with Crippen LogP contribution in [0.2, 0.25) is 0 Å². The summed E-state index contributed by atoms with van der Waals surface area (Å²) in [5, 5.41) is 6.22. The maximum atomic E-state index is 11.6. The first-order valence-corrected chi connectivity index (χ1v) is 6.89. The van der Waals surface area contributed by atoms with Gasteiger partial charge in [-0.2, -0.15) is 0 Å². The topological polar surface area (TPSA) is 44.4 Å². The molecule has 0 aliphatic heterocycles. The Hall–Kier alpha value is -0.610. The smallest absolute Gasteiger partial charge is 0.234 e. The van der Waals surface area contributed by atoms with Gasteiger partial charge < -0.3 is 10.6 Å². The molecule has 2 N–H and O–H groups in total. The van der Waals surface area contributed by atoms with Crippen LogP contribution in [0.1, 0.15) is 39.5 Å². The van der Waals surface area contributed by atoms with Gasteiger partial charge in [-0.15, -0.1) is 0 Å². The fraction of sp³-hybridized carbons (Fsp3) is 0.923. The van der Waals surface area contributed by atoms with E-state index in [9.17, 15) is 4.79 Å². The molecule has 0 heterocycles. The summed E-state index contributed by atoms with van der Waals surface area (Å²) in [4.78, 5) is 13.9. The average Bonchev–Trinajstić information content (AvgIpc) is 2.36. The van der Waals surface area contributed by atoms with Crippen molar-refractivity contribution < 1.29 is 4.79 Å². The number of nitrogens with one attached hydrogen (secondary N) is 2. The fourth-order valence-corrected chi connectivity index (χ4v) is 2.67. The molecule has 100 valence electrons. The molecule has 1 aliphatic carbocycles. The quantitative estimate of drug-likeness (QED) is 0.728. The van der Waals surface area contributed by atoms with Crippen LogP contribution in [0.4, 0.5) is 0 Å². The molecule has 0 saturated heterocycles. The summed E-state index contributed by atoms with van der Waals surface area (Å²) >= 11 is 0. The number of carbonyl (C=O) groups is 1. The number of hydrogen-bond donors (Lipinski definition) is 2. The van der Waals surface area contributed by atoms with Gasteiger partial charge in [-0.05, 0) is 46.2 Å². The lowest BCUT2D eigenvalue weighted by molar-refractivity contribution is -0.122. The van der Waals surface area contributed by atoms with E-state index in [1.807, 2.05) is 14.0 Å². The van der Waals surface area contributed by atoms with Crippen LogP contribution in [0.15, 0.2) is 0 Å². The summed E-state index contributed by atoms with van der Waals surface area (Å²) in [5.74, 6) is 0.157. The highest BCUT2D eigenvalue weighted by Gasteiger charge is 2.25. The van der Waals surface area contributed by atoms with Crippen molar-refractivity contribution in [2.24, 2.45) is 0 Å². The van der Waals surface area contributed by atoms with Crippen molar-refractivity contribution in [3.8, 4) is 0 Å². The lowest BCUT2D eigenvalue weighted by atomic mass is 9.90. The first-order chi connectivity index (χ1) is 8.21. The van der Waals surface area contributed by atoms with Crippen molar-refractivity contribution in [1.82, 2.24) is 15.5 Å². The van der Waals surface area contributed by atoms with E-state index in [2.05, 4.69) is 22.5 Å². The van der Waals surface area contributed by atoms with Gasteiger partial charge in [0.15, 0.2) is 0 Å². The number of amides is 1. The van der Waals surface area contributed by atoms with Crippen molar-refractivity contribution in [3.05, 3.63) is 0 Å². The molecular formula is C13H27N3O. The maximum Gasteiger partial charge on any atom is 0.234 e. The molecule has 1 amide bonds. The number of carbonyl (C=O) groups excluding carboxylic acids is 1. The third-order valence-corrected chi connectivity index (χ3v) is 3.75. The molecule has 1 rings (SSSR count). The van der Waals surface area contributed by atoms with Crippen LogP contribution >= 0.6 is 0 Å². The second-order valence-electron chi connectivity index (χ2n) is 4.81. The molecule has 0 spiro atoms. The van der Waals surface area contributed by atoms with E-state index in [1.165, 1.54) is 25.7 Å². The Morgan fingerprint density at radius 1 is 1.24 bits per heavy atom. The Balaban J connectivity index is 2.38. The summed E-state index contributed by atoms with van der Waals surface area (Å²) in [7, 11) is 2.04. The van der Waals surface area contributed by atoms with Crippen LogP contribution in [0.25, 0.3) is 0 Å². The van der Waals surface area contributed by atoms with Crippen LogP contribution in [0.3, 0.4) is 0 Å². The van der Waals surface area contributed by atoms with Crippen molar-refractivity contribution in [2.45, 2.75) is 51.6 Å². The van der Waals surface area contributed by atoms with Crippen molar-refractivity contribution >= 4 is 5.91 Å². The third-order valence-electron chi connectivity index (χ3n) is 3.75. The number of hydrogen-bond acceptors (Lipinski definition) is 3. The van der Waals surface area contributed by atoms with Crippen LogP contribution in [-0.4, -0.2) is 49.6 Å². The van der Waals surface area contributed by atoms with Crippen LogP contribution in [0, 0.1) is 0 Å². The van der Waals surface area contributed by atoms with Gasteiger partial charge in [0, 0.05) is 18.6 Å². The molecule has 0 aromatic heterocycles. The average molecular weight is 241 g/mol. The molecule has 0 atom stereocenters. The van der Waals surface area contributed by atoms with E-state index in [0.717, 1.165) is 13.1 Å². The maximum absolute atomic E-state index is 11.6. The van der Waals surface area contributed by atoms with Gasteiger partial charge in [0.25, 0.3) is 0 Å². The molecular weight excluding hydrogens is 214 g/mol. The summed E-state index contributed by atoms with van der Waals surface area (Å²) in [6.07, 6.45) is 4.87. The van der Waals surface area contributed by atoms with Crippen LogP contribution < -0.4 is 10.6 Å². The molecule has 17 heavy (non-hydrogen) atoms. The normalized spacial score (nSPS) is 24.9. The number of likely N-dealkylation sites (N-methyl/N-ethyl adjacent to an activating group) is 2. The molecule has 4 nitrogen and oxygen atoms in total. The van der Waals surface area contributed by atoms with Gasteiger partial charge in [-0.1, -0.05) is 6.92 Å². The zero-order valence-electron chi connectivity index (χ0n) is 11.5. The molecule has 1 saturated carbocycles. The standard InChI is InChI=1S/C13H27N3O/c1-4-15-13(17)10-16(5-2)12-8-6-11(14-3)7-9-12/h11-12,14H,4-10H2,1-3H3,(H,15,17). The van der Waals surface area contributed by atoms with Gasteiger partial charge in [0.05, 0.1) is 6.54 Å². The zero-order valence-corrected chi connectivity index (χ0v) is 11.5. The highest BCUT2D eigenvalue weighted by molar-refractivity contribution is 5.77. The summed E-state index contributed by atoms with van der Waals surface area (Å²) in [6.45, 7) is 6.35. The largest absolute Gasteiger partial charge is 0.355 e. The molecule has 0 unspecified atom stereocenters. The highest BCUT2D eigenvalue weighted by atomic mass is 16.2. The van der Waals surface area contributed by atoms with Crippen molar-refractivity contribution in [2.75, 3.05) is 26.7 Å². The van der Waals surface area contributed by atoms with Crippen molar-refractivity contribution in [1.29, 1.82) is 0 Å². The van der Waals surface area contributed by atoms with Crippen LogP contribution in [-0.2, 0) is 4.79 Å². The number of nitrogens with zero attached hydrogens (tertiary/aromatic N) is 1. The predicted octanol–water partition coefficient (Wildman–Crippen LogP) is 0.975. The Labute approximate surface area is 105 Å². The third kappa shape index (κ3) is 4.64. The molecule has 1 aliphatic rings. The van der Waals surface area contributed by atoms with Gasteiger partial charge >= 0.3 is 0 Å². The molecule has 4 heteroatoms. The van der Waals surface area contributed by atoms with E-state index >= 15 is 0 Å². The molecule has 0 aromatic carbocycles. The Kier molecular flexibility index (Phi) is 6.52. The Morgan fingerprint density at radius 3 is 2.35 bits per heavy atom. The summed E-state index contributed by atoms with van der Waals surface area (Å²) in [5.41, 5.74) is 0. The van der Waals surface area contributed by atoms with Crippen LogP contribution in [0.5, 0.6) is 0 Å². The van der Waals surface area contributed by atoms with E-state index in [4.69, 9.17) is 0 Å². The minimum atomic E-state index is 0.157. The predicted molar refractivity (Wildman–Crippen MR) is 71.0 cm³/mol. The summed E-state index contributed by atoms with van der Waals surface area (Å²) < 4.78 is 0. The van der Waals surface area contributed by atoms with E-state index in [0.29, 0.717) is 18.6 Å². The second-order valence-corrected chi connectivity index (χ2v) is 4.81. The Morgan fingerprint density at radius 2 is 1.88 bits per heavy atom. The van der Waals surface area contributed by atoms with E-state index < -0.39 is 0 Å². The van der Waals surface area contributed by atoms with E-state index in [-0.39, 0.29) is 5.91 Å². The molecule has 0 bridgehead atoms. The van der Waals surface area contributed by atoms with Crippen molar-refractivity contribution in [3.63, 3.8) is 0 Å². The zero-order chi connectivity index (χ0) is 12.7. The minimum Gasteiger partial charge on any atom is -0.355 e. The monoisotopic (exact) mass is 241 g/mol. The SMILES string of the molecule is CCNC(=O)CN(CC)C1CCC(NC)CC1. The minimum absolute atomic E-state index is 0.157. The van der Waals surface area contributed by atoms with Gasteiger partial charge in [-0.25, -0.2) is 0 Å². The first-order valence-electron chi connectivity index (χ1n) is 6.89. The van der Waals surface area contributed by atoms with E-state index in [1.54, 1.807) is 0 Å². The Bertz CT molecular complexity index is 225. The van der Waals surface area contributed by atoms with Gasteiger partial charge in [0.1, 0.15) is 0 Å². The number of rotatable bonds is 6. The van der Waals surface area contributed by atoms with Gasteiger partial charge in [-0.3, -0.25) is 9.69 Å². The lowest BCUT2D eigenvalue weighted by Crippen LogP contribution is -2.46. The molecule has 1 fully saturated rings. The molecule has 0 radical (unpaired) electrons. The summed E-state index contributed by atoms with van der Waals surface area (Å²) in [6, 6.07) is 1.27. The lowest BCUT2D eigenvalue weighted by Gasteiger charge is -2.35. The fourth-order valence-electron chi connectivity index (χ4n) is 2.67. The second kappa shape index (κ2) is 7.67. The highest BCUT2D eigenvalue weighted by Crippen LogP contribution is 2.22. The molecule has 0 aromatic rings. The van der Waals surface area contributed by atoms with Gasteiger partial charge in [0.2, 0.25) is 5.91 Å². The first kappa shape index (κ1) is 14.5.